The minimum absolute atomic E-state index is 0.00852. The molecule has 0 spiro atoms. The van der Waals surface area contributed by atoms with Gasteiger partial charge in [0, 0.05) is 29.7 Å². The van der Waals surface area contributed by atoms with Crippen LogP contribution in [0.4, 0.5) is 16.2 Å². The highest BCUT2D eigenvalue weighted by Crippen LogP contribution is 2.20. The highest BCUT2D eigenvalue weighted by molar-refractivity contribution is 6.07. The zero-order valence-electron chi connectivity index (χ0n) is 18.3. The lowest BCUT2D eigenvalue weighted by molar-refractivity contribution is -0.125. The summed E-state index contributed by atoms with van der Waals surface area (Å²) in [5.41, 5.74) is 4.19. The van der Waals surface area contributed by atoms with Crippen molar-refractivity contribution in [3.05, 3.63) is 65.4 Å². The second-order valence-corrected chi connectivity index (χ2v) is 7.85. The number of fused-ring (bicyclic) bond motifs is 1. The van der Waals surface area contributed by atoms with Crippen molar-refractivity contribution in [2.24, 2.45) is 0 Å². The number of imide groups is 1. The number of benzene rings is 2. The third kappa shape index (κ3) is 4.98. The Bertz CT molecular complexity index is 1250. The zero-order valence-corrected chi connectivity index (χ0v) is 18.3. The molecule has 5 amide bonds. The van der Waals surface area contributed by atoms with E-state index in [1.807, 2.05) is 31.2 Å². The molecule has 0 radical (unpaired) electrons. The normalized spacial score (nSPS) is 13.2. The average molecular weight is 445 g/mol. The van der Waals surface area contributed by atoms with Crippen molar-refractivity contribution in [1.29, 1.82) is 0 Å². The number of nitrogens with one attached hydrogen (secondary N) is 3. The first-order valence-electron chi connectivity index (χ1n) is 10.5. The third-order valence-corrected chi connectivity index (χ3v) is 5.33. The van der Waals surface area contributed by atoms with Crippen molar-refractivity contribution in [2.45, 2.75) is 20.3 Å². The predicted molar refractivity (Wildman–Crippen MR) is 124 cm³/mol. The lowest BCUT2D eigenvalue weighted by Gasteiger charge is -2.12. The van der Waals surface area contributed by atoms with Gasteiger partial charge in [-0.2, -0.15) is 0 Å². The van der Waals surface area contributed by atoms with E-state index in [9.17, 15) is 19.2 Å². The number of amides is 5. The number of anilines is 2. The molecular formula is C24H23N5O4. The Morgan fingerprint density at radius 3 is 2.36 bits per heavy atom. The van der Waals surface area contributed by atoms with Crippen LogP contribution in [-0.4, -0.2) is 46.7 Å². The SMILES string of the molecule is Cc1ccc2cc(C(=O)Nc3ccc(NC(=O)CCN4C(=O)CNC4=O)cc3)c(C)nc2c1. The van der Waals surface area contributed by atoms with E-state index in [2.05, 4.69) is 20.9 Å². The Hall–Kier alpha value is -4.27. The number of carbonyl (C=O) groups is 4. The summed E-state index contributed by atoms with van der Waals surface area (Å²) in [4.78, 5) is 53.5. The van der Waals surface area contributed by atoms with Gasteiger partial charge in [-0.1, -0.05) is 12.1 Å². The van der Waals surface area contributed by atoms with E-state index in [0.29, 0.717) is 22.6 Å². The monoisotopic (exact) mass is 445 g/mol. The molecule has 9 heteroatoms. The maximum absolute atomic E-state index is 12.8. The van der Waals surface area contributed by atoms with E-state index in [-0.39, 0.29) is 37.2 Å². The first kappa shape index (κ1) is 21.9. The van der Waals surface area contributed by atoms with Gasteiger partial charge in [0.1, 0.15) is 0 Å². The van der Waals surface area contributed by atoms with Crippen molar-refractivity contribution in [1.82, 2.24) is 15.2 Å². The van der Waals surface area contributed by atoms with Gasteiger partial charge in [-0.05, 0) is 55.8 Å². The standard InChI is InChI=1S/C24H23N5O4/c1-14-3-4-16-12-19(15(2)26-20(16)11-14)23(32)28-18-7-5-17(6-8-18)27-21(30)9-10-29-22(31)13-25-24(29)33/h3-8,11-12H,9-10,13H2,1-2H3,(H,25,33)(H,27,30)(H,28,32). The van der Waals surface area contributed by atoms with Gasteiger partial charge in [0.25, 0.3) is 5.91 Å². The van der Waals surface area contributed by atoms with Gasteiger partial charge in [-0.3, -0.25) is 24.3 Å². The van der Waals surface area contributed by atoms with E-state index in [1.54, 1.807) is 31.2 Å². The molecule has 9 nitrogen and oxygen atoms in total. The summed E-state index contributed by atoms with van der Waals surface area (Å²) < 4.78 is 0. The van der Waals surface area contributed by atoms with Crippen LogP contribution in [0.25, 0.3) is 10.9 Å². The fourth-order valence-electron chi connectivity index (χ4n) is 3.56. The number of carbonyl (C=O) groups excluding carboxylic acids is 4. The molecule has 0 bridgehead atoms. The van der Waals surface area contributed by atoms with E-state index >= 15 is 0 Å². The van der Waals surface area contributed by atoms with Crippen LogP contribution in [0.3, 0.4) is 0 Å². The van der Waals surface area contributed by atoms with Gasteiger partial charge in [-0.25, -0.2) is 4.79 Å². The first-order chi connectivity index (χ1) is 15.8. The lowest BCUT2D eigenvalue weighted by Crippen LogP contribution is -2.33. The van der Waals surface area contributed by atoms with Gasteiger partial charge in [-0.15, -0.1) is 0 Å². The number of urea groups is 1. The molecule has 168 valence electrons. The van der Waals surface area contributed by atoms with Crippen LogP contribution in [0.1, 0.15) is 28.0 Å². The maximum atomic E-state index is 12.8. The van der Waals surface area contributed by atoms with E-state index < -0.39 is 6.03 Å². The summed E-state index contributed by atoms with van der Waals surface area (Å²) in [6, 6.07) is 13.9. The molecule has 1 aliphatic heterocycles. The Morgan fingerprint density at radius 1 is 1.00 bits per heavy atom. The highest BCUT2D eigenvalue weighted by atomic mass is 16.2. The molecule has 0 aliphatic carbocycles. The largest absolute Gasteiger partial charge is 0.329 e. The van der Waals surface area contributed by atoms with E-state index in [0.717, 1.165) is 21.4 Å². The molecule has 0 saturated carbocycles. The first-order valence-corrected chi connectivity index (χ1v) is 10.5. The van der Waals surface area contributed by atoms with Gasteiger partial charge >= 0.3 is 6.03 Å². The van der Waals surface area contributed by atoms with Crippen LogP contribution >= 0.6 is 0 Å². The minimum Gasteiger partial charge on any atom is -0.329 e. The summed E-state index contributed by atoms with van der Waals surface area (Å²) >= 11 is 0. The van der Waals surface area contributed by atoms with Crippen LogP contribution in [0.5, 0.6) is 0 Å². The Morgan fingerprint density at radius 2 is 1.70 bits per heavy atom. The molecule has 2 heterocycles. The summed E-state index contributed by atoms with van der Waals surface area (Å²) in [6.45, 7) is 3.77. The molecule has 3 N–H and O–H groups in total. The number of nitrogens with zero attached hydrogens (tertiary/aromatic N) is 2. The van der Waals surface area contributed by atoms with Gasteiger partial charge < -0.3 is 16.0 Å². The van der Waals surface area contributed by atoms with Crippen LogP contribution in [0.15, 0.2) is 48.5 Å². The van der Waals surface area contributed by atoms with E-state index in [4.69, 9.17) is 0 Å². The van der Waals surface area contributed by atoms with Gasteiger partial charge in [0.15, 0.2) is 0 Å². The molecule has 1 aliphatic rings. The number of aromatic nitrogens is 1. The lowest BCUT2D eigenvalue weighted by atomic mass is 10.1. The Labute approximate surface area is 190 Å². The van der Waals surface area contributed by atoms with E-state index in [1.165, 1.54) is 0 Å². The number of hydrogen-bond acceptors (Lipinski definition) is 5. The molecule has 1 aromatic heterocycles. The summed E-state index contributed by atoms with van der Waals surface area (Å²) in [5, 5.41) is 8.86. The topological polar surface area (TPSA) is 121 Å². The van der Waals surface area contributed by atoms with Gasteiger partial charge in [0.05, 0.1) is 23.3 Å². The van der Waals surface area contributed by atoms with Crippen LogP contribution in [-0.2, 0) is 9.59 Å². The van der Waals surface area contributed by atoms with Gasteiger partial charge in [0.2, 0.25) is 11.8 Å². The second kappa shape index (κ2) is 9.07. The number of hydrogen-bond donors (Lipinski definition) is 3. The Balaban J connectivity index is 1.36. The fourth-order valence-corrected chi connectivity index (χ4v) is 3.56. The minimum atomic E-state index is -0.486. The third-order valence-electron chi connectivity index (χ3n) is 5.33. The maximum Gasteiger partial charge on any atom is 0.324 e. The number of rotatable bonds is 6. The molecule has 4 rings (SSSR count). The number of pyridine rings is 1. The van der Waals surface area contributed by atoms with Crippen molar-refractivity contribution in [3.63, 3.8) is 0 Å². The molecule has 1 saturated heterocycles. The summed E-state index contributed by atoms with van der Waals surface area (Å²) in [7, 11) is 0. The Kier molecular flexibility index (Phi) is 6.03. The highest BCUT2D eigenvalue weighted by Gasteiger charge is 2.28. The molecule has 1 fully saturated rings. The zero-order chi connectivity index (χ0) is 23.5. The molecular weight excluding hydrogens is 422 g/mol. The number of aryl methyl sites for hydroxylation is 2. The predicted octanol–water partition coefficient (Wildman–Crippen LogP) is 2.98. The summed E-state index contributed by atoms with van der Waals surface area (Å²) in [6.07, 6.45) is -0.00852. The molecule has 0 unspecified atom stereocenters. The summed E-state index contributed by atoms with van der Waals surface area (Å²) in [5.74, 6) is -0.944. The van der Waals surface area contributed by atoms with Crippen molar-refractivity contribution < 1.29 is 19.2 Å². The molecule has 2 aromatic carbocycles. The van der Waals surface area contributed by atoms with Crippen molar-refractivity contribution in [2.75, 3.05) is 23.7 Å². The van der Waals surface area contributed by atoms with Crippen LogP contribution < -0.4 is 16.0 Å². The average Bonchev–Trinajstić information content (AvgIpc) is 3.10. The smallest absolute Gasteiger partial charge is 0.324 e. The van der Waals surface area contributed by atoms with Crippen LogP contribution in [0, 0.1) is 13.8 Å². The second-order valence-electron chi connectivity index (χ2n) is 7.85. The molecule has 3 aromatic rings. The fraction of sp³-hybridized carbons (Fsp3) is 0.208. The van der Waals surface area contributed by atoms with Crippen LogP contribution in [0.2, 0.25) is 0 Å². The van der Waals surface area contributed by atoms with Crippen molar-refractivity contribution in [3.8, 4) is 0 Å². The molecule has 33 heavy (non-hydrogen) atoms. The van der Waals surface area contributed by atoms with Crippen molar-refractivity contribution >= 4 is 46.0 Å². The molecule has 0 atom stereocenters. The quantitative estimate of drug-likeness (QED) is 0.504.